The number of rotatable bonds is 10. The lowest BCUT2D eigenvalue weighted by atomic mass is 10.1. The molecule has 0 aromatic rings. The number of carboxylic acids is 1. The van der Waals surface area contributed by atoms with Crippen LogP contribution >= 0.6 is 0 Å². The van der Waals surface area contributed by atoms with Gasteiger partial charge in [0.05, 0.1) is 0 Å². The summed E-state index contributed by atoms with van der Waals surface area (Å²) in [6.07, 6.45) is 1.63. The van der Waals surface area contributed by atoms with E-state index in [1.165, 1.54) is 0 Å². The lowest BCUT2D eigenvalue weighted by Crippen LogP contribution is -2.42. The molecule has 1 atom stereocenters. The van der Waals surface area contributed by atoms with Crippen molar-refractivity contribution in [2.24, 2.45) is 5.92 Å². The zero-order chi connectivity index (χ0) is 14.1. The van der Waals surface area contributed by atoms with Gasteiger partial charge in [-0.25, -0.2) is 0 Å². The van der Waals surface area contributed by atoms with E-state index in [9.17, 15) is 4.79 Å². The van der Waals surface area contributed by atoms with Crippen molar-refractivity contribution in [3.8, 4) is 0 Å². The number of carbonyl (C=O) groups is 1. The van der Waals surface area contributed by atoms with Crippen LogP contribution in [0.2, 0.25) is 0 Å². The number of nitrogens with one attached hydrogen (secondary N) is 1. The fourth-order valence-electron chi connectivity index (χ4n) is 1.96. The van der Waals surface area contributed by atoms with E-state index < -0.39 is 12.0 Å². The SMILES string of the molecule is CCCNC(CCN(CC(C)C)C(C)C)C(=O)O. The molecule has 0 aliphatic rings. The Morgan fingerprint density at radius 3 is 2.28 bits per heavy atom. The summed E-state index contributed by atoms with van der Waals surface area (Å²) in [7, 11) is 0. The molecule has 0 rings (SSSR count). The van der Waals surface area contributed by atoms with Crippen molar-refractivity contribution < 1.29 is 9.90 Å². The van der Waals surface area contributed by atoms with Gasteiger partial charge in [0, 0.05) is 19.1 Å². The quantitative estimate of drug-likeness (QED) is 0.631. The average Bonchev–Trinajstić information content (AvgIpc) is 2.26. The van der Waals surface area contributed by atoms with Crippen molar-refractivity contribution in [1.29, 1.82) is 0 Å². The molecule has 0 spiro atoms. The van der Waals surface area contributed by atoms with Gasteiger partial charge < -0.3 is 15.3 Å². The number of hydrogen-bond acceptors (Lipinski definition) is 3. The highest BCUT2D eigenvalue weighted by Crippen LogP contribution is 2.06. The topological polar surface area (TPSA) is 52.6 Å². The van der Waals surface area contributed by atoms with Crippen molar-refractivity contribution in [3.63, 3.8) is 0 Å². The Hall–Kier alpha value is -0.610. The van der Waals surface area contributed by atoms with Crippen LogP contribution in [-0.4, -0.2) is 47.7 Å². The Morgan fingerprint density at radius 1 is 1.28 bits per heavy atom. The zero-order valence-electron chi connectivity index (χ0n) is 12.6. The molecule has 2 N–H and O–H groups in total. The standard InChI is InChI=1S/C14H30N2O2/c1-6-8-15-13(14(17)18)7-9-16(12(4)5)10-11(2)3/h11-13,15H,6-10H2,1-5H3,(H,17,18). The first-order valence-electron chi connectivity index (χ1n) is 7.08. The molecule has 0 aromatic carbocycles. The maximum atomic E-state index is 11.1. The first-order valence-corrected chi connectivity index (χ1v) is 7.08. The van der Waals surface area contributed by atoms with E-state index in [0.717, 1.165) is 26.1 Å². The Balaban J connectivity index is 4.23. The third kappa shape index (κ3) is 7.67. The molecule has 0 aliphatic carbocycles. The third-order valence-electron chi connectivity index (χ3n) is 2.97. The van der Waals surface area contributed by atoms with Gasteiger partial charge in [-0.3, -0.25) is 4.79 Å². The molecule has 1 unspecified atom stereocenters. The minimum Gasteiger partial charge on any atom is -0.480 e. The Morgan fingerprint density at radius 2 is 1.89 bits per heavy atom. The predicted molar refractivity (Wildman–Crippen MR) is 75.9 cm³/mol. The summed E-state index contributed by atoms with van der Waals surface area (Å²) < 4.78 is 0. The van der Waals surface area contributed by atoms with Crippen LogP contribution in [0.1, 0.15) is 47.5 Å². The Bertz CT molecular complexity index is 230. The molecule has 0 fully saturated rings. The van der Waals surface area contributed by atoms with Gasteiger partial charge in [-0.15, -0.1) is 0 Å². The summed E-state index contributed by atoms with van der Waals surface area (Å²) in [4.78, 5) is 13.5. The number of nitrogens with zero attached hydrogens (tertiary/aromatic N) is 1. The summed E-state index contributed by atoms with van der Waals surface area (Å²) in [5, 5.41) is 12.2. The highest BCUT2D eigenvalue weighted by atomic mass is 16.4. The molecule has 18 heavy (non-hydrogen) atoms. The van der Waals surface area contributed by atoms with E-state index in [2.05, 4.69) is 37.9 Å². The van der Waals surface area contributed by atoms with Gasteiger partial charge >= 0.3 is 5.97 Å². The van der Waals surface area contributed by atoms with Crippen LogP contribution in [0.15, 0.2) is 0 Å². The van der Waals surface area contributed by atoms with Crippen LogP contribution in [0.3, 0.4) is 0 Å². The Kier molecular flexibility index (Phi) is 9.02. The van der Waals surface area contributed by atoms with Crippen LogP contribution in [-0.2, 0) is 4.79 Å². The van der Waals surface area contributed by atoms with Crippen molar-refractivity contribution >= 4 is 5.97 Å². The van der Waals surface area contributed by atoms with Crippen molar-refractivity contribution in [1.82, 2.24) is 10.2 Å². The van der Waals surface area contributed by atoms with Crippen molar-refractivity contribution in [2.45, 2.75) is 59.5 Å². The van der Waals surface area contributed by atoms with Gasteiger partial charge in [0.1, 0.15) is 6.04 Å². The normalized spacial score (nSPS) is 13.6. The second kappa shape index (κ2) is 9.34. The van der Waals surface area contributed by atoms with Crippen LogP contribution in [0, 0.1) is 5.92 Å². The van der Waals surface area contributed by atoms with Gasteiger partial charge in [-0.05, 0) is 39.2 Å². The first kappa shape index (κ1) is 17.4. The molecular weight excluding hydrogens is 228 g/mol. The van der Waals surface area contributed by atoms with Gasteiger partial charge in [-0.2, -0.15) is 0 Å². The molecule has 4 nitrogen and oxygen atoms in total. The largest absolute Gasteiger partial charge is 0.480 e. The van der Waals surface area contributed by atoms with Gasteiger partial charge in [0.15, 0.2) is 0 Å². The molecule has 0 radical (unpaired) electrons. The van der Waals surface area contributed by atoms with Crippen LogP contribution in [0.5, 0.6) is 0 Å². The van der Waals surface area contributed by atoms with Gasteiger partial charge in [0.25, 0.3) is 0 Å². The molecular formula is C14H30N2O2. The molecule has 4 heteroatoms. The van der Waals surface area contributed by atoms with E-state index in [1.54, 1.807) is 0 Å². The van der Waals surface area contributed by atoms with E-state index in [0.29, 0.717) is 18.4 Å². The van der Waals surface area contributed by atoms with E-state index in [-0.39, 0.29) is 0 Å². The maximum absolute atomic E-state index is 11.1. The molecule has 0 saturated carbocycles. The molecule has 0 aliphatic heterocycles. The fourth-order valence-corrected chi connectivity index (χ4v) is 1.96. The number of carboxylic acid groups (broad SMARTS) is 1. The van der Waals surface area contributed by atoms with E-state index >= 15 is 0 Å². The molecule has 0 saturated heterocycles. The lowest BCUT2D eigenvalue weighted by Gasteiger charge is -2.29. The van der Waals surface area contributed by atoms with Gasteiger partial charge in [-0.1, -0.05) is 20.8 Å². The zero-order valence-corrected chi connectivity index (χ0v) is 12.6. The van der Waals surface area contributed by atoms with Crippen molar-refractivity contribution in [2.75, 3.05) is 19.6 Å². The van der Waals surface area contributed by atoms with Gasteiger partial charge in [0.2, 0.25) is 0 Å². The number of aliphatic carboxylic acids is 1. The highest BCUT2D eigenvalue weighted by molar-refractivity contribution is 5.73. The lowest BCUT2D eigenvalue weighted by molar-refractivity contribution is -0.139. The Labute approximate surface area is 112 Å². The summed E-state index contributed by atoms with van der Waals surface area (Å²) >= 11 is 0. The van der Waals surface area contributed by atoms with Crippen LogP contribution in [0.25, 0.3) is 0 Å². The van der Waals surface area contributed by atoms with Crippen molar-refractivity contribution in [3.05, 3.63) is 0 Å². The first-order chi connectivity index (χ1) is 8.38. The molecule has 0 bridgehead atoms. The minimum absolute atomic E-state index is 0.418. The summed E-state index contributed by atoms with van der Waals surface area (Å²) in [6.45, 7) is 13.4. The molecule has 0 heterocycles. The highest BCUT2D eigenvalue weighted by Gasteiger charge is 2.19. The van der Waals surface area contributed by atoms with Crippen LogP contribution < -0.4 is 5.32 Å². The fraction of sp³-hybridized carbons (Fsp3) is 0.929. The van der Waals surface area contributed by atoms with E-state index in [4.69, 9.17) is 5.11 Å². The smallest absolute Gasteiger partial charge is 0.320 e. The summed E-state index contributed by atoms with van der Waals surface area (Å²) in [6, 6.07) is 0.0476. The predicted octanol–water partition coefficient (Wildman–Crippen LogP) is 2.20. The number of hydrogen-bond donors (Lipinski definition) is 2. The molecule has 108 valence electrons. The van der Waals surface area contributed by atoms with Crippen LogP contribution in [0.4, 0.5) is 0 Å². The molecule has 0 amide bonds. The molecule has 0 aromatic heterocycles. The summed E-state index contributed by atoms with van der Waals surface area (Å²) in [5.74, 6) is -0.129. The average molecular weight is 258 g/mol. The second-order valence-electron chi connectivity index (χ2n) is 5.62. The maximum Gasteiger partial charge on any atom is 0.320 e. The minimum atomic E-state index is -0.739. The second-order valence-corrected chi connectivity index (χ2v) is 5.62. The monoisotopic (exact) mass is 258 g/mol. The summed E-state index contributed by atoms with van der Waals surface area (Å²) in [5.41, 5.74) is 0. The van der Waals surface area contributed by atoms with E-state index in [1.807, 2.05) is 6.92 Å². The third-order valence-corrected chi connectivity index (χ3v) is 2.97.